The first kappa shape index (κ1) is 13.6. The predicted octanol–water partition coefficient (Wildman–Crippen LogP) is 2.20. The van der Waals surface area contributed by atoms with Crippen LogP contribution in [0.15, 0.2) is 12.1 Å². The number of ether oxygens (including phenoxy) is 1. The minimum absolute atomic E-state index is 0.323. The van der Waals surface area contributed by atoms with Gasteiger partial charge < -0.3 is 15.4 Å². The van der Waals surface area contributed by atoms with Crippen molar-refractivity contribution >= 4 is 17.4 Å². The molecule has 0 aromatic carbocycles. The predicted molar refractivity (Wildman–Crippen MR) is 74.0 cm³/mol. The number of anilines is 1. The molecule has 100 valence electrons. The maximum absolute atomic E-state index is 6.03. The highest BCUT2D eigenvalue weighted by Crippen LogP contribution is 2.21. The summed E-state index contributed by atoms with van der Waals surface area (Å²) < 4.78 is 5.67. The van der Waals surface area contributed by atoms with Crippen LogP contribution in [0.2, 0.25) is 5.02 Å². The fourth-order valence-corrected chi connectivity index (χ4v) is 2.39. The molecule has 5 heteroatoms. The molecule has 4 nitrogen and oxygen atoms in total. The van der Waals surface area contributed by atoms with Crippen molar-refractivity contribution in [2.75, 3.05) is 24.6 Å². The Balaban J connectivity index is 2.10. The smallest absolute Gasteiger partial charge is 0.129 e. The molecule has 0 spiro atoms. The number of aromatic nitrogens is 1. The molecule has 1 aliphatic heterocycles. The molecular weight excluding hydrogens is 250 g/mol. The molecule has 0 bridgehead atoms. The zero-order valence-corrected chi connectivity index (χ0v) is 11.5. The Morgan fingerprint density at radius 3 is 3.00 bits per heavy atom. The topological polar surface area (TPSA) is 51.4 Å². The van der Waals surface area contributed by atoms with Gasteiger partial charge in [0.1, 0.15) is 5.82 Å². The number of hydrogen-bond donors (Lipinski definition) is 1. The lowest BCUT2D eigenvalue weighted by atomic mass is 10.2. The zero-order valence-electron chi connectivity index (χ0n) is 10.7. The van der Waals surface area contributed by atoms with Gasteiger partial charge in [-0.15, -0.1) is 0 Å². The van der Waals surface area contributed by atoms with E-state index in [2.05, 4.69) is 16.8 Å². The second-order valence-corrected chi connectivity index (χ2v) is 4.88. The van der Waals surface area contributed by atoms with Gasteiger partial charge in [-0.1, -0.05) is 11.6 Å². The molecule has 1 saturated heterocycles. The summed E-state index contributed by atoms with van der Waals surface area (Å²) >= 11 is 6.03. The summed E-state index contributed by atoms with van der Waals surface area (Å²) in [7, 11) is 0. The number of nitrogens with two attached hydrogens (primary N) is 1. The minimum atomic E-state index is 0.323. The summed E-state index contributed by atoms with van der Waals surface area (Å²) in [6.07, 6.45) is 2.61. The van der Waals surface area contributed by atoms with E-state index in [0.29, 0.717) is 17.7 Å². The average molecular weight is 270 g/mol. The van der Waals surface area contributed by atoms with Gasteiger partial charge in [-0.3, -0.25) is 0 Å². The summed E-state index contributed by atoms with van der Waals surface area (Å²) in [5.41, 5.74) is 6.38. The molecular formula is C13H20ClN3O. The Kier molecular flexibility index (Phi) is 4.80. The van der Waals surface area contributed by atoms with E-state index in [-0.39, 0.29) is 0 Å². The molecule has 1 aliphatic rings. The van der Waals surface area contributed by atoms with Gasteiger partial charge in [0.15, 0.2) is 0 Å². The third kappa shape index (κ3) is 3.13. The summed E-state index contributed by atoms with van der Waals surface area (Å²) in [4.78, 5) is 6.73. The summed E-state index contributed by atoms with van der Waals surface area (Å²) in [6.45, 7) is 5.15. The first-order valence-electron chi connectivity index (χ1n) is 6.46. The molecule has 2 N–H and O–H groups in total. The van der Waals surface area contributed by atoms with E-state index >= 15 is 0 Å². The molecule has 0 amide bonds. The van der Waals surface area contributed by atoms with Crippen LogP contribution in [0.5, 0.6) is 0 Å². The second kappa shape index (κ2) is 6.36. The van der Waals surface area contributed by atoms with Gasteiger partial charge in [0.2, 0.25) is 0 Å². The molecule has 1 fully saturated rings. The van der Waals surface area contributed by atoms with Crippen LogP contribution in [0, 0.1) is 0 Å². The number of likely N-dealkylation sites (N-methyl/N-ethyl adjacent to an activating group) is 1. The standard InChI is InChI=1S/C13H20ClN3O/c1-2-17(9-10-4-3-7-18-10)13-6-5-11(14)12(8-15)16-13/h5-6,10H,2-4,7-9,15H2,1H3. The maximum atomic E-state index is 6.03. The van der Waals surface area contributed by atoms with E-state index in [1.807, 2.05) is 12.1 Å². The van der Waals surface area contributed by atoms with E-state index in [4.69, 9.17) is 22.1 Å². The Morgan fingerprint density at radius 2 is 2.39 bits per heavy atom. The number of hydrogen-bond acceptors (Lipinski definition) is 4. The Labute approximate surface area is 113 Å². The quantitative estimate of drug-likeness (QED) is 0.890. The largest absolute Gasteiger partial charge is 0.376 e. The van der Waals surface area contributed by atoms with Crippen LogP contribution in [-0.2, 0) is 11.3 Å². The Hall–Kier alpha value is -0.840. The fraction of sp³-hybridized carbons (Fsp3) is 0.615. The van der Waals surface area contributed by atoms with Crippen LogP contribution in [0.25, 0.3) is 0 Å². The van der Waals surface area contributed by atoms with Crippen molar-refractivity contribution in [3.05, 3.63) is 22.8 Å². The van der Waals surface area contributed by atoms with Gasteiger partial charge in [0.05, 0.1) is 16.8 Å². The maximum Gasteiger partial charge on any atom is 0.129 e. The third-order valence-electron chi connectivity index (χ3n) is 3.25. The van der Waals surface area contributed by atoms with Gasteiger partial charge >= 0.3 is 0 Å². The van der Waals surface area contributed by atoms with Crippen LogP contribution in [0.3, 0.4) is 0 Å². The fourth-order valence-electron chi connectivity index (χ4n) is 2.21. The lowest BCUT2D eigenvalue weighted by molar-refractivity contribution is 0.115. The normalized spacial score (nSPS) is 19.2. The molecule has 1 aromatic rings. The molecule has 1 unspecified atom stereocenters. The lowest BCUT2D eigenvalue weighted by Gasteiger charge is -2.25. The van der Waals surface area contributed by atoms with E-state index in [1.54, 1.807) is 0 Å². The number of rotatable bonds is 5. The van der Waals surface area contributed by atoms with Crippen molar-refractivity contribution in [2.45, 2.75) is 32.4 Å². The molecule has 2 heterocycles. The summed E-state index contributed by atoms with van der Waals surface area (Å²) in [5, 5.41) is 0.634. The molecule has 18 heavy (non-hydrogen) atoms. The minimum Gasteiger partial charge on any atom is -0.376 e. The average Bonchev–Trinajstić information content (AvgIpc) is 2.89. The van der Waals surface area contributed by atoms with Crippen LogP contribution < -0.4 is 10.6 Å². The monoisotopic (exact) mass is 269 g/mol. The third-order valence-corrected chi connectivity index (χ3v) is 3.60. The first-order valence-corrected chi connectivity index (χ1v) is 6.84. The van der Waals surface area contributed by atoms with Crippen LogP contribution in [0.4, 0.5) is 5.82 Å². The van der Waals surface area contributed by atoms with E-state index in [1.165, 1.54) is 0 Å². The first-order chi connectivity index (χ1) is 8.74. The van der Waals surface area contributed by atoms with Gasteiger partial charge in [-0.05, 0) is 31.9 Å². The summed E-state index contributed by atoms with van der Waals surface area (Å²) in [6, 6.07) is 3.81. The molecule has 1 atom stereocenters. The highest BCUT2D eigenvalue weighted by atomic mass is 35.5. The van der Waals surface area contributed by atoms with Crippen molar-refractivity contribution in [1.29, 1.82) is 0 Å². The Morgan fingerprint density at radius 1 is 1.56 bits per heavy atom. The highest BCUT2D eigenvalue weighted by Gasteiger charge is 2.19. The molecule has 2 rings (SSSR count). The number of nitrogens with zero attached hydrogens (tertiary/aromatic N) is 2. The Bertz CT molecular complexity index is 394. The van der Waals surface area contributed by atoms with E-state index < -0.39 is 0 Å². The second-order valence-electron chi connectivity index (χ2n) is 4.48. The molecule has 0 aliphatic carbocycles. The van der Waals surface area contributed by atoms with Crippen LogP contribution in [-0.4, -0.2) is 30.8 Å². The molecule has 0 saturated carbocycles. The van der Waals surface area contributed by atoms with Gasteiger partial charge in [0.25, 0.3) is 0 Å². The number of pyridine rings is 1. The van der Waals surface area contributed by atoms with E-state index in [9.17, 15) is 0 Å². The summed E-state index contributed by atoms with van der Waals surface area (Å²) in [5.74, 6) is 0.929. The highest BCUT2D eigenvalue weighted by molar-refractivity contribution is 6.31. The zero-order chi connectivity index (χ0) is 13.0. The SMILES string of the molecule is CCN(CC1CCCO1)c1ccc(Cl)c(CN)n1. The van der Waals surface area contributed by atoms with Gasteiger partial charge in [-0.2, -0.15) is 0 Å². The number of halogens is 1. The van der Waals surface area contributed by atoms with Crippen LogP contribution >= 0.6 is 11.6 Å². The van der Waals surface area contributed by atoms with Crippen molar-refractivity contribution in [1.82, 2.24) is 4.98 Å². The van der Waals surface area contributed by atoms with Crippen LogP contribution in [0.1, 0.15) is 25.5 Å². The molecule has 0 radical (unpaired) electrons. The van der Waals surface area contributed by atoms with Crippen molar-refractivity contribution in [3.63, 3.8) is 0 Å². The van der Waals surface area contributed by atoms with Crippen molar-refractivity contribution in [2.24, 2.45) is 5.73 Å². The van der Waals surface area contributed by atoms with Crippen molar-refractivity contribution < 1.29 is 4.74 Å². The van der Waals surface area contributed by atoms with Gasteiger partial charge in [-0.25, -0.2) is 4.98 Å². The van der Waals surface area contributed by atoms with Gasteiger partial charge in [0, 0.05) is 26.2 Å². The lowest BCUT2D eigenvalue weighted by Crippen LogP contribution is -2.32. The van der Waals surface area contributed by atoms with Crippen molar-refractivity contribution in [3.8, 4) is 0 Å². The molecule has 1 aromatic heterocycles. The van der Waals surface area contributed by atoms with E-state index in [0.717, 1.165) is 44.0 Å².